The van der Waals surface area contributed by atoms with Gasteiger partial charge in [0.05, 0.1) is 28.2 Å². The highest BCUT2D eigenvalue weighted by molar-refractivity contribution is 5.90. The Labute approximate surface area is 294 Å². The Hall–Kier alpha value is -4.82. The summed E-state index contributed by atoms with van der Waals surface area (Å²) in [6.45, 7) is 8.18. The average molecular weight is 711 g/mol. The number of benzene rings is 2. The SMILES string of the molecule is CC(=O)OC[C@@]12C(OC(=O)c3ccccc3)C(OC(C)=O)C[C@@](C)(O)[C@]13OC(C)(C)[C@H](C(OC(C)=O)C2OC(=O)c1ccccc1)C3OC(C)=O. The second-order valence-corrected chi connectivity index (χ2v) is 13.9. The van der Waals surface area contributed by atoms with E-state index in [-0.39, 0.29) is 11.1 Å². The van der Waals surface area contributed by atoms with E-state index in [0.717, 1.165) is 27.7 Å². The second-order valence-electron chi connectivity index (χ2n) is 13.9. The number of carbonyl (C=O) groups excluding carboxylic acids is 6. The van der Waals surface area contributed by atoms with Crippen molar-refractivity contribution < 1.29 is 67.0 Å². The molecule has 2 aliphatic carbocycles. The minimum atomic E-state index is -2.32. The lowest BCUT2D eigenvalue weighted by Crippen LogP contribution is -2.85. The van der Waals surface area contributed by atoms with E-state index in [1.807, 2.05) is 0 Å². The molecule has 9 atom stereocenters. The number of carbonyl (C=O) groups is 6. The van der Waals surface area contributed by atoms with Gasteiger partial charge in [-0.25, -0.2) is 9.59 Å². The molecular formula is C37H42O14. The summed E-state index contributed by atoms with van der Waals surface area (Å²) < 4.78 is 42.9. The summed E-state index contributed by atoms with van der Waals surface area (Å²) in [5, 5.41) is 12.7. The molecule has 2 saturated carbocycles. The van der Waals surface area contributed by atoms with Gasteiger partial charge in [0.15, 0.2) is 17.8 Å². The zero-order valence-electron chi connectivity index (χ0n) is 29.4. The van der Waals surface area contributed by atoms with Gasteiger partial charge in [0.25, 0.3) is 0 Å². The van der Waals surface area contributed by atoms with Gasteiger partial charge in [-0.1, -0.05) is 36.4 Å². The molecule has 1 saturated heterocycles. The fourth-order valence-electron chi connectivity index (χ4n) is 8.39. The van der Waals surface area contributed by atoms with Crippen LogP contribution in [-0.4, -0.2) is 94.9 Å². The Kier molecular flexibility index (Phi) is 10.1. The molecule has 14 nitrogen and oxygen atoms in total. The molecule has 14 heteroatoms. The first-order chi connectivity index (χ1) is 23.9. The van der Waals surface area contributed by atoms with Crippen LogP contribution in [0.3, 0.4) is 0 Å². The van der Waals surface area contributed by atoms with E-state index in [2.05, 4.69) is 0 Å². The van der Waals surface area contributed by atoms with Crippen LogP contribution in [0.25, 0.3) is 0 Å². The third-order valence-electron chi connectivity index (χ3n) is 9.96. The molecular weight excluding hydrogens is 668 g/mol. The van der Waals surface area contributed by atoms with Gasteiger partial charge in [-0.2, -0.15) is 0 Å². The first-order valence-electron chi connectivity index (χ1n) is 16.5. The van der Waals surface area contributed by atoms with Crippen molar-refractivity contribution in [2.24, 2.45) is 11.3 Å². The van der Waals surface area contributed by atoms with Crippen LogP contribution in [0.1, 0.15) is 75.6 Å². The highest BCUT2D eigenvalue weighted by Crippen LogP contribution is 2.69. The first-order valence-corrected chi connectivity index (χ1v) is 16.5. The van der Waals surface area contributed by atoms with E-state index < -0.39 is 107 Å². The summed E-state index contributed by atoms with van der Waals surface area (Å²) >= 11 is 0. The van der Waals surface area contributed by atoms with E-state index in [4.69, 9.17) is 33.2 Å². The quantitative estimate of drug-likeness (QED) is 0.295. The molecule has 51 heavy (non-hydrogen) atoms. The molecule has 1 aliphatic heterocycles. The molecule has 274 valence electrons. The summed E-state index contributed by atoms with van der Waals surface area (Å²) in [5.41, 5.74) is -8.07. The fraction of sp³-hybridized carbons (Fsp3) is 0.514. The number of esters is 6. The maximum absolute atomic E-state index is 14.1. The highest BCUT2D eigenvalue weighted by atomic mass is 16.7. The zero-order valence-corrected chi connectivity index (χ0v) is 29.4. The fourth-order valence-corrected chi connectivity index (χ4v) is 8.39. The predicted molar refractivity (Wildman–Crippen MR) is 174 cm³/mol. The number of ether oxygens (including phenoxy) is 7. The lowest BCUT2D eigenvalue weighted by atomic mass is 9.45. The molecule has 0 radical (unpaired) electrons. The van der Waals surface area contributed by atoms with Crippen molar-refractivity contribution >= 4 is 35.8 Å². The van der Waals surface area contributed by atoms with Crippen molar-refractivity contribution in [3.63, 3.8) is 0 Å². The summed E-state index contributed by atoms with van der Waals surface area (Å²) in [6, 6.07) is 15.6. The molecule has 1 spiro atoms. The van der Waals surface area contributed by atoms with Crippen LogP contribution in [0, 0.1) is 11.3 Å². The Bertz CT molecular complexity index is 1690. The zero-order chi connectivity index (χ0) is 37.5. The molecule has 0 amide bonds. The lowest BCUT2D eigenvalue weighted by Gasteiger charge is -2.66. The molecule has 1 N–H and O–H groups in total. The minimum absolute atomic E-state index is 0.0698. The van der Waals surface area contributed by atoms with Crippen molar-refractivity contribution in [2.45, 2.75) is 102 Å². The Morgan fingerprint density at radius 2 is 1.16 bits per heavy atom. The molecule has 5 rings (SSSR count). The molecule has 1 heterocycles. The summed E-state index contributed by atoms with van der Waals surface area (Å²) in [7, 11) is 0. The molecule has 3 fully saturated rings. The molecule has 3 aliphatic rings. The molecule has 2 aromatic rings. The van der Waals surface area contributed by atoms with E-state index in [1.54, 1.807) is 50.2 Å². The maximum atomic E-state index is 14.1. The van der Waals surface area contributed by atoms with Gasteiger partial charge >= 0.3 is 35.8 Å². The van der Waals surface area contributed by atoms with E-state index in [9.17, 15) is 33.9 Å². The second kappa shape index (κ2) is 13.7. The van der Waals surface area contributed by atoms with Gasteiger partial charge < -0.3 is 38.3 Å². The van der Waals surface area contributed by atoms with Gasteiger partial charge in [-0.05, 0) is 45.0 Å². The van der Waals surface area contributed by atoms with Gasteiger partial charge in [0, 0.05) is 34.1 Å². The Balaban J connectivity index is 1.91. The maximum Gasteiger partial charge on any atom is 0.338 e. The Morgan fingerprint density at radius 3 is 1.63 bits per heavy atom. The largest absolute Gasteiger partial charge is 0.465 e. The molecule has 2 bridgehead atoms. The van der Waals surface area contributed by atoms with Gasteiger partial charge in [-0.15, -0.1) is 0 Å². The number of hydrogen-bond acceptors (Lipinski definition) is 14. The average Bonchev–Trinajstić information content (AvgIpc) is 3.24. The van der Waals surface area contributed by atoms with Gasteiger partial charge in [0.2, 0.25) is 0 Å². The number of aliphatic hydroxyl groups is 1. The van der Waals surface area contributed by atoms with E-state index in [0.29, 0.717) is 0 Å². The third kappa shape index (κ3) is 6.46. The number of fused-ring (bicyclic) bond motifs is 1. The van der Waals surface area contributed by atoms with E-state index >= 15 is 0 Å². The Morgan fingerprint density at radius 1 is 0.667 bits per heavy atom. The molecule has 5 unspecified atom stereocenters. The van der Waals surface area contributed by atoms with Crippen LogP contribution in [0.4, 0.5) is 0 Å². The van der Waals surface area contributed by atoms with Gasteiger partial charge in [-0.3, -0.25) is 19.2 Å². The number of rotatable bonds is 9. The third-order valence-corrected chi connectivity index (χ3v) is 9.96. The monoisotopic (exact) mass is 710 g/mol. The van der Waals surface area contributed by atoms with Crippen molar-refractivity contribution in [3.05, 3.63) is 71.8 Å². The summed E-state index contributed by atoms with van der Waals surface area (Å²) in [4.78, 5) is 79.4. The normalized spacial score (nSPS) is 33.1. The van der Waals surface area contributed by atoms with Crippen LogP contribution in [0.5, 0.6) is 0 Å². The molecule has 2 aromatic carbocycles. The predicted octanol–water partition coefficient (Wildman–Crippen LogP) is 3.11. The van der Waals surface area contributed by atoms with Gasteiger partial charge in [0.1, 0.15) is 30.3 Å². The first kappa shape index (κ1) is 37.4. The van der Waals surface area contributed by atoms with Crippen LogP contribution in [0.15, 0.2) is 60.7 Å². The smallest absolute Gasteiger partial charge is 0.338 e. The molecule has 0 aromatic heterocycles. The van der Waals surface area contributed by atoms with Crippen molar-refractivity contribution in [2.75, 3.05) is 6.61 Å². The minimum Gasteiger partial charge on any atom is -0.465 e. The number of hydrogen-bond donors (Lipinski definition) is 1. The van der Waals surface area contributed by atoms with Crippen molar-refractivity contribution in [1.82, 2.24) is 0 Å². The van der Waals surface area contributed by atoms with Crippen molar-refractivity contribution in [3.8, 4) is 0 Å². The summed E-state index contributed by atoms with van der Waals surface area (Å²) in [5.74, 6) is -6.32. The summed E-state index contributed by atoms with van der Waals surface area (Å²) in [6.07, 6.45) is -8.57. The lowest BCUT2D eigenvalue weighted by molar-refractivity contribution is -0.361. The van der Waals surface area contributed by atoms with Crippen LogP contribution in [-0.2, 0) is 52.3 Å². The highest BCUT2D eigenvalue weighted by Gasteiger charge is 2.89. The van der Waals surface area contributed by atoms with Crippen LogP contribution < -0.4 is 0 Å². The topological polar surface area (TPSA) is 187 Å². The standard InChI is InChI=1S/C37H42O14/c1-20(38)45-19-36-29(49-32(42)24-14-10-8-11-15-24)26(46-21(2)39)18-35(7,44)37(36)30(48-23(4)41)27(34(5,6)51-37)28(47-22(3)40)31(36)50-33(43)25-16-12-9-13-17-25/h8-17,26-31,44H,18-19H2,1-7H3/t26?,27-,28?,29?,30?,31?,35-,36+,37+/m1/s1. The van der Waals surface area contributed by atoms with E-state index in [1.165, 1.54) is 31.2 Å². The van der Waals surface area contributed by atoms with Crippen LogP contribution >= 0.6 is 0 Å². The van der Waals surface area contributed by atoms with Crippen molar-refractivity contribution in [1.29, 1.82) is 0 Å². The van der Waals surface area contributed by atoms with Crippen LogP contribution in [0.2, 0.25) is 0 Å².